The van der Waals surface area contributed by atoms with Crippen LogP contribution in [0.3, 0.4) is 0 Å². The monoisotopic (exact) mass is 193 g/mol. The van der Waals surface area contributed by atoms with Gasteiger partial charge in [-0.3, -0.25) is 15.5 Å². The van der Waals surface area contributed by atoms with Crippen molar-refractivity contribution in [2.45, 2.75) is 13.3 Å². The van der Waals surface area contributed by atoms with E-state index in [-0.39, 0.29) is 5.69 Å². The molecule has 0 aliphatic carbocycles. The maximum absolute atomic E-state index is 10.3. The van der Waals surface area contributed by atoms with Crippen molar-refractivity contribution >= 4 is 17.6 Å². The Morgan fingerprint density at radius 3 is 2.64 bits per heavy atom. The van der Waals surface area contributed by atoms with E-state index in [4.69, 9.17) is 0 Å². The lowest BCUT2D eigenvalue weighted by atomic mass is 10.3. The van der Waals surface area contributed by atoms with Crippen LogP contribution in [0.5, 0.6) is 0 Å². The number of nitro groups is 1. The Bertz CT molecular complexity index is 332. The molecule has 0 amide bonds. The Balaban J connectivity index is 2.64. The highest BCUT2D eigenvalue weighted by atomic mass is 16.6. The summed E-state index contributed by atoms with van der Waals surface area (Å²) in [5, 5.41) is 14.2. The standard InChI is InChI=1S/C9H11N3O2/c1-2-7-10-11-8-3-5-9(6-4-8)12(13)14/h3-7,11H,2H2,1H3/b10-7-. The first-order valence-corrected chi connectivity index (χ1v) is 4.26. The molecule has 0 aliphatic rings. The minimum atomic E-state index is -0.431. The van der Waals surface area contributed by atoms with Crippen molar-refractivity contribution in [1.82, 2.24) is 0 Å². The average molecular weight is 193 g/mol. The Kier molecular flexibility index (Phi) is 3.60. The summed E-state index contributed by atoms with van der Waals surface area (Å²) in [5.74, 6) is 0. The lowest BCUT2D eigenvalue weighted by Gasteiger charge is -1.98. The quantitative estimate of drug-likeness (QED) is 0.453. The molecule has 0 atom stereocenters. The Morgan fingerprint density at radius 1 is 1.50 bits per heavy atom. The van der Waals surface area contributed by atoms with Crippen LogP contribution in [0.4, 0.5) is 11.4 Å². The van der Waals surface area contributed by atoms with E-state index in [0.29, 0.717) is 0 Å². The molecular formula is C9H11N3O2. The first kappa shape index (κ1) is 10.2. The number of nitrogens with one attached hydrogen (secondary N) is 1. The fraction of sp³-hybridized carbons (Fsp3) is 0.222. The van der Waals surface area contributed by atoms with E-state index in [2.05, 4.69) is 10.5 Å². The van der Waals surface area contributed by atoms with Crippen molar-refractivity contribution in [3.8, 4) is 0 Å². The van der Waals surface area contributed by atoms with Gasteiger partial charge in [0.25, 0.3) is 5.69 Å². The molecule has 0 saturated heterocycles. The van der Waals surface area contributed by atoms with Crippen molar-refractivity contribution in [3.63, 3.8) is 0 Å². The third-order valence-electron chi connectivity index (χ3n) is 1.55. The zero-order valence-electron chi connectivity index (χ0n) is 7.80. The van der Waals surface area contributed by atoms with E-state index >= 15 is 0 Å². The van der Waals surface area contributed by atoms with E-state index in [1.807, 2.05) is 6.92 Å². The first-order chi connectivity index (χ1) is 6.74. The Labute approximate surface area is 81.6 Å². The molecule has 0 aliphatic heterocycles. The molecule has 0 saturated carbocycles. The van der Waals surface area contributed by atoms with E-state index in [1.54, 1.807) is 18.3 Å². The van der Waals surface area contributed by atoms with Gasteiger partial charge in [0, 0.05) is 18.3 Å². The third-order valence-corrected chi connectivity index (χ3v) is 1.55. The van der Waals surface area contributed by atoms with Crippen LogP contribution in [0.1, 0.15) is 13.3 Å². The van der Waals surface area contributed by atoms with E-state index in [1.165, 1.54) is 12.1 Å². The van der Waals surface area contributed by atoms with Gasteiger partial charge in [0.15, 0.2) is 0 Å². The Hall–Kier alpha value is -1.91. The number of nitro benzene ring substituents is 1. The second-order valence-electron chi connectivity index (χ2n) is 2.64. The summed E-state index contributed by atoms with van der Waals surface area (Å²) in [6.07, 6.45) is 2.57. The lowest BCUT2D eigenvalue weighted by Crippen LogP contribution is -1.90. The molecule has 14 heavy (non-hydrogen) atoms. The molecule has 5 heteroatoms. The molecular weight excluding hydrogens is 182 g/mol. The summed E-state index contributed by atoms with van der Waals surface area (Å²) >= 11 is 0. The number of non-ortho nitro benzene ring substituents is 1. The van der Waals surface area contributed by atoms with Gasteiger partial charge >= 0.3 is 0 Å². The molecule has 0 fully saturated rings. The predicted molar refractivity (Wildman–Crippen MR) is 55.5 cm³/mol. The molecule has 1 rings (SSSR count). The van der Waals surface area contributed by atoms with Gasteiger partial charge in [0.2, 0.25) is 0 Å². The van der Waals surface area contributed by atoms with Gasteiger partial charge in [0.05, 0.1) is 10.6 Å². The van der Waals surface area contributed by atoms with Gasteiger partial charge in [0.1, 0.15) is 0 Å². The normalized spacial score (nSPS) is 10.4. The molecule has 0 unspecified atom stereocenters. The number of anilines is 1. The SMILES string of the molecule is CC/C=N\Nc1ccc([N+](=O)[O-])cc1. The molecule has 0 bridgehead atoms. The zero-order valence-corrected chi connectivity index (χ0v) is 7.80. The molecule has 1 aromatic rings. The van der Waals surface area contributed by atoms with Crippen molar-refractivity contribution in [3.05, 3.63) is 34.4 Å². The number of hydrogen-bond acceptors (Lipinski definition) is 4. The van der Waals surface area contributed by atoms with Gasteiger partial charge in [-0.15, -0.1) is 0 Å². The minimum absolute atomic E-state index is 0.0787. The van der Waals surface area contributed by atoms with Crippen LogP contribution in [0.2, 0.25) is 0 Å². The van der Waals surface area contributed by atoms with Gasteiger partial charge in [-0.25, -0.2) is 0 Å². The number of nitrogens with zero attached hydrogens (tertiary/aromatic N) is 2. The van der Waals surface area contributed by atoms with Crippen molar-refractivity contribution in [2.24, 2.45) is 5.10 Å². The van der Waals surface area contributed by atoms with Crippen LogP contribution < -0.4 is 5.43 Å². The summed E-state index contributed by atoms with van der Waals surface area (Å²) in [4.78, 5) is 9.90. The first-order valence-electron chi connectivity index (χ1n) is 4.26. The third kappa shape index (κ3) is 2.85. The van der Waals surface area contributed by atoms with Crippen LogP contribution >= 0.6 is 0 Å². The summed E-state index contributed by atoms with van der Waals surface area (Å²) in [6, 6.07) is 6.10. The number of benzene rings is 1. The van der Waals surface area contributed by atoms with Gasteiger partial charge in [-0.05, 0) is 18.6 Å². The van der Waals surface area contributed by atoms with Crippen LogP contribution in [0, 0.1) is 10.1 Å². The number of hydrazone groups is 1. The van der Waals surface area contributed by atoms with Crippen LogP contribution in [-0.2, 0) is 0 Å². The maximum atomic E-state index is 10.3. The average Bonchev–Trinajstić information content (AvgIpc) is 2.19. The van der Waals surface area contributed by atoms with Crippen LogP contribution in [0.25, 0.3) is 0 Å². The smallest absolute Gasteiger partial charge is 0.269 e. The maximum Gasteiger partial charge on any atom is 0.269 e. The van der Waals surface area contributed by atoms with Crippen molar-refractivity contribution in [2.75, 3.05) is 5.43 Å². The molecule has 5 nitrogen and oxygen atoms in total. The highest BCUT2D eigenvalue weighted by Gasteiger charge is 2.02. The Morgan fingerprint density at radius 2 is 2.14 bits per heavy atom. The highest BCUT2D eigenvalue weighted by molar-refractivity contribution is 5.59. The lowest BCUT2D eigenvalue weighted by molar-refractivity contribution is -0.384. The number of hydrogen-bond donors (Lipinski definition) is 1. The fourth-order valence-corrected chi connectivity index (χ4v) is 0.869. The van der Waals surface area contributed by atoms with Crippen molar-refractivity contribution < 1.29 is 4.92 Å². The van der Waals surface area contributed by atoms with Gasteiger partial charge in [-0.1, -0.05) is 6.92 Å². The second kappa shape index (κ2) is 4.96. The molecule has 0 heterocycles. The molecule has 0 radical (unpaired) electrons. The van der Waals surface area contributed by atoms with Crippen LogP contribution in [0.15, 0.2) is 29.4 Å². The molecule has 74 valence electrons. The zero-order chi connectivity index (χ0) is 10.4. The predicted octanol–water partition coefficient (Wildman–Crippen LogP) is 2.40. The minimum Gasteiger partial charge on any atom is -0.279 e. The molecule has 0 spiro atoms. The largest absolute Gasteiger partial charge is 0.279 e. The summed E-state index contributed by atoms with van der Waals surface area (Å²) in [5.41, 5.74) is 3.57. The van der Waals surface area contributed by atoms with Gasteiger partial charge < -0.3 is 0 Å². The fourth-order valence-electron chi connectivity index (χ4n) is 0.869. The number of rotatable bonds is 4. The van der Waals surface area contributed by atoms with Gasteiger partial charge in [-0.2, -0.15) is 5.10 Å². The van der Waals surface area contributed by atoms with E-state index < -0.39 is 4.92 Å². The highest BCUT2D eigenvalue weighted by Crippen LogP contribution is 2.14. The molecule has 0 aromatic heterocycles. The summed E-state index contributed by atoms with van der Waals surface area (Å²) in [6.45, 7) is 1.97. The van der Waals surface area contributed by atoms with E-state index in [9.17, 15) is 10.1 Å². The second-order valence-corrected chi connectivity index (χ2v) is 2.64. The topological polar surface area (TPSA) is 67.5 Å². The summed E-state index contributed by atoms with van der Waals surface area (Å²) < 4.78 is 0. The molecule has 1 N–H and O–H groups in total. The van der Waals surface area contributed by atoms with E-state index in [0.717, 1.165) is 12.1 Å². The summed E-state index contributed by atoms with van der Waals surface area (Å²) in [7, 11) is 0. The molecule has 1 aromatic carbocycles. The van der Waals surface area contributed by atoms with Crippen molar-refractivity contribution in [1.29, 1.82) is 0 Å². The van der Waals surface area contributed by atoms with Crippen LogP contribution in [-0.4, -0.2) is 11.1 Å².